The van der Waals surface area contributed by atoms with Crippen LogP contribution in [0.3, 0.4) is 0 Å². The molecule has 2 atom stereocenters. The first-order chi connectivity index (χ1) is 8.26. The average Bonchev–Trinajstić information content (AvgIpc) is 2.17. The summed E-state index contributed by atoms with van der Waals surface area (Å²) in [4.78, 5) is 23.8. The van der Waals surface area contributed by atoms with Crippen LogP contribution in [0.1, 0.15) is 20.8 Å². The minimum absolute atomic E-state index is 0.0620. The van der Waals surface area contributed by atoms with Crippen molar-refractivity contribution in [3.05, 3.63) is 12.7 Å². The summed E-state index contributed by atoms with van der Waals surface area (Å²) in [5.74, 6) is -1.09. The summed E-state index contributed by atoms with van der Waals surface area (Å²) in [6.07, 6.45) is 0.270. The van der Waals surface area contributed by atoms with Crippen LogP contribution in [0.4, 0.5) is 4.79 Å². The number of carboxylic acids is 1. The Morgan fingerprint density at radius 2 is 2.11 bits per heavy atom. The molecule has 0 radical (unpaired) electrons. The van der Waals surface area contributed by atoms with E-state index in [1.54, 1.807) is 0 Å². The number of ether oxygens (including phenoxy) is 2. The molecule has 0 aromatic heterocycles. The third-order valence-corrected chi connectivity index (χ3v) is 2.38. The first-order valence-electron chi connectivity index (χ1n) is 5.71. The molecule has 1 aliphatic heterocycles. The largest absolute Gasteiger partial charge is 0.480 e. The quantitative estimate of drug-likeness (QED) is 0.767. The maximum Gasteiger partial charge on any atom is 0.411 e. The zero-order valence-electron chi connectivity index (χ0n) is 10.9. The fraction of sp³-hybridized carbons (Fsp3) is 0.667. The lowest BCUT2D eigenvalue weighted by atomic mass is 9.99. The maximum absolute atomic E-state index is 11.5. The zero-order chi connectivity index (χ0) is 13.9. The topological polar surface area (TPSA) is 76.1 Å². The van der Waals surface area contributed by atoms with Gasteiger partial charge in [0.1, 0.15) is 12.7 Å². The van der Waals surface area contributed by atoms with Gasteiger partial charge in [0.2, 0.25) is 0 Å². The summed E-state index contributed by atoms with van der Waals surface area (Å²) in [7, 11) is 0. The molecular weight excluding hydrogens is 238 g/mol. The molecule has 1 amide bonds. The molecule has 1 N–H and O–H groups in total. The van der Waals surface area contributed by atoms with Gasteiger partial charge in [0, 0.05) is 0 Å². The molecular formula is C12H19NO5. The number of nitrogens with zero attached hydrogens (tertiary/aromatic N) is 1. The van der Waals surface area contributed by atoms with Crippen LogP contribution in [0.5, 0.6) is 0 Å². The molecule has 0 aliphatic carbocycles. The maximum atomic E-state index is 11.5. The third kappa shape index (κ3) is 3.46. The number of amides is 1. The summed E-state index contributed by atoms with van der Waals surface area (Å²) in [5.41, 5.74) is -0.449. The molecule has 0 saturated carbocycles. The van der Waals surface area contributed by atoms with Gasteiger partial charge in [0.05, 0.1) is 12.1 Å². The molecule has 102 valence electrons. The average molecular weight is 257 g/mol. The van der Waals surface area contributed by atoms with Gasteiger partial charge in [0.25, 0.3) is 0 Å². The fourth-order valence-corrected chi connectivity index (χ4v) is 1.72. The van der Waals surface area contributed by atoms with Crippen molar-refractivity contribution in [1.29, 1.82) is 0 Å². The van der Waals surface area contributed by atoms with Crippen LogP contribution in [0.2, 0.25) is 0 Å². The van der Waals surface area contributed by atoms with Gasteiger partial charge in [-0.25, -0.2) is 9.59 Å². The molecule has 0 unspecified atom stereocenters. The Labute approximate surface area is 106 Å². The van der Waals surface area contributed by atoms with E-state index in [-0.39, 0.29) is 13.2 Å². The van der Waals surface area contributed by atoms with Crippen molar-refractivity contribution >= 4 is 12.1 Å². The Hall–Kier alpha value is -1.56. The van der Waals surface area contributed by atoms with Gasteiger partial charge in [-0.3, -0.25) is 4.90 Å². The first kappa shape index (κ1) is 14.5. The number of aliphatic carboxylic acids is 1. The van der Waals surface area contributed by atoms with Crippen molar-refractivity contribution in [2.45, 2.75) is 38.5 Å². The molecule has 0 spiro atoms. The van der Waals surface area contributed by atoms with Crippen LogP contribution >= 0.6 is 0 Å². The second-order valence-electron chi connectivity index (χ2n) is 5.07. The smallest absolute Gasteiger partial charge is 0.411 e. The SMILES string of the molecule is C=CCOC(=O)N1C[C@@H](OC(C)(C)C)[C@H]1C(=O)O. The van der Waals surface area contributed by atoms with Gasteiger partial charge in [0.15, 0.2) is 6.04 Å². The lowest BCUT2D eigenvalue weighted by molar-refractivity contribution is -0.178. The molecule has 0 bridgehead atoms. The Morgan fingerprint density at radius 3 is 2.56 bits per heavy atom. The Kier molecular flexibility index (Phi) is 4.34. The van der Waals surface area contributed by atoms with Crippen molar-refractivity contribution in [3.63, 3.8) is 0 Å². The highest BCUT2D eigenvalue weighted by atomic mass is 16.6. The van der Waals surface area contributed by atoms with Gasteiger partial charge in [-0.2, -0.15) is 0 Å². The highest BCUT2D eigenvalue weighted by Gasteiger charge is 2.49. The third-order valence-electron chi connectivity index (χ3n) is 2.38. The fourth-order valence-electron chi connectivity index (χ4n) is 1.72. The molecule has 0 aromatic carbocycles. The first-order valence-corrected chi connectivity index (χ1v) is 5.71. The van der Waals surface area contributed by atoms with E-state index in [2.05, 4.69) is 6.58 Å². The van der Waals surface area contributed by atoms with E-state index in [4.69, 9.17) is 14.6 Å². The lowest BCUT2D eigenvalue weighted by Crippen LogP contribution is -2.67. The monoisotopic (exact) mass is 257 g/mol. The van der Waals surface area contributed by atoms with E-state index in [0.717, 1.165) is 4.90 Å². The molecule has 1 saturated heterocycles. The molecule has 0 aromatic rings. The zero-order valence-corrected chi connectivity index (χ0v) is 10.9. The number of rotatable bonds is 4. The van der Waals surface area contributed by atoms with Crippen LogP contribution in [-0.2, 0) is 14.3 Å². The van der Waals surface area contributed by atoms with Crippen molar-refractivity contribution in [2.75, 3.05) is 13.2 Å². The van der Waals surface area contributed by atoms with Gasteiger partial charge in [-0.1, -0.05) is 12.7 Å². The van der Waals surface area contributed by atoms with Gasteiger partial charge >= 0.3 is 12.1 Å². The van der Waals surface area contributed by atoms with Gasteiger partial charge < -0.3 is 14.6 Å². The number of carbonyl (C=O) groups is 2. The molecule has 1 fully saturated rings. The van der Waals surface area contributed by atoms with Gasteiger partial charge in [-0.15, -0.1) is 0 Å². The number of carbonyl (C=O) groups excluding carboxylic acids is 1. The summed E-state index contributed by atoms with van der Waals surface area (Å²) in [6, 6.07) is -0.985. The van der Waals surface area contributed by atoms with Crippen LogP contribution in [-0.4, -0.2) is 53.0 Å². The summed E-state index contributed by atoms with van der Waals surface area (Å²) < 4.78 is 10.4. The Balaban J connectivity index is 2.61. The number of likely N-dealkylation sites (tertiary alicyclic amines) is 1. The van der Waals surface area contributed by atoms with Crippen molar-refractivity contribution in [1.82, 2.24) is 4.90 Å². The standard InChI is InChI=1S/C12H19NO5/c1-5-6-17-11(16)13-7-8(9(13)10(14)15)18-12(2,3)4/h5,8-9H,1,6-7H2,2-4H3,(H,14,15)/t8-,9+/m1/s1. The predicted molar refractivity (Wildman–Crippen MR) is 64.3 cm³/mol. The molecule has 1 aliphatic rings. The highest BCUT2D eigenvalue weighted by molar-refractivity contribution is 5.83. The number of carboxylic acid groups (broad SMARTS) is 1. The van der Waals surface area contributed by atoms with Crippen LogP contribution in [0.25, 0.3) is 0 Å². The van der Waals surface area contributed by atoms with Crippen molar-refractivity contribution < 1.29 is 24.2 Å². The van der Waals surface area contributed by atoms with E-state index in [1.165, 1.54) is 6.08 Å². The normalized spacial score (nSPS) is 23.2. The molecule has 1 heterocycles. The number of hydrogen-bond acceptors (Lipinski definition) is 4. The summed E-state index contributed by atoms with van der Waals surface area (Å²) in [5, 5.41) is 9.10. The van der Waals surface area contributed by atoms with E-state index >= 15 is 0 Å². The Bertz CT molecular complexity index is 347. The van der Waals surface area contributed by atoms with E-state index in [0.29, 0.717) is 0 Å². The Morgan fingerprint density at radius 1 is 1.50 bits per heavy atom. The second kappa shape index (κ2) is 5.39. The lowest BCUT2D eigenvalue weighted by Gasteiger charge is -2.46. The van der Waals surface area contributed by atoms with E-state index < -0.39 is 29.8 Å². The summed E-state index contributed by atoms with van der Waals surface area (Å²) >= 11 is 0. The van der Waals surface area contributed by atoms with E-state index in [9.17, 15) is 9.59 Å². The van der Waals surface area contributed by atoms with E-state index in [1.807, 2.05) is 20.8 Å². The second-order valence-corrected chi connectivity index (χ2v) is 5.07. The van der Waals surface area contributed by atoms with Crippen molar-refractivity contribution in [2.24, 2.45) is 0 Å². The minimum Gasteiger partial charge on any atom is -0.480 e. The molecule has 6 nitrogen and oxygen atoms in total. The predicted octanol–water partition coefficient (Wildman–Crippen LogP) is 1.26. The van der Waals surface area contributed by atoms with Crippen LogP contribution in [0.15, 0.2) is 12.7 Å². The number of hydrogen-bond donors (Lipinski definition) is 1. The van der Waals surface area contributed by atoms with Crippen molar-refractivity contribution in [3.8, 4) is 0 Å². The molecule has 18 heavy (non-hydrogen) atoms. The molecule has 1 rings (SSSR count). The highest BCUT2D eigenvalue weighted by Crippen LogP contribution is 2.26. The van der Waals surface area contributed by atoms with Gasteiger partial charge in [-0.05, 0) is 20.8 Å². The van der Waals surface area contributed by atoms with Crippen LogP contribution in [0, 0.1) is 0 Å². The molecule has 6 heteroatoms. The summed E-state index contributed by atoms with van der Waals surface area (Å²) in [6.45, 7) is 9.22. The van der Waals surface area contributed by atoms with Crippen LogP contribution < -0.4 is 0 Å². The minimum atomic E-state index is -1.09.